The van der Waals surface area contributed by atoms with Gasteiger partial charge in [-0.15, -0.1) is 0 Å². The predicted octanol–water partition coefficient (Wildman–Crippen LogP) is 4.79. The highest BCUT2D eigenvalue weighted by Gasteiger charge is 2.41. The van der Waals surface area contributed by atoms with Crippen molar-refractivity contribution >= 4 is 11.6 Å². The van der Waals surface area contributed by atoms with E-state index in [9.17, 15) is 4.79 Å². The first-order chi connectivity index (χ1) is 13.9. The van der Waals surface area contributed by atoms with Gasteiger partial charge in [0.2, 0.25) is 5.91 Å². The lowest BCUT2D eigenvalue weighted by Gasteiger charge is -2.36. The second-order valence-electron chi connectivity index (χ2n) is 7.98. The van der Waals surface area contributed by atoms with Crippen LogP contribution in [0.5, 0.6) is 11.5 Å². The van der Waals surface area contributed by atoms with E-state index in [1.54, 1.807) is 7.11 Å². The van der Waals surface area contributed by atoms with Crippen LogP contribution >= 0.6 is 0 Å². The molecule has 5 nitrogen and oxygen atoms in total. The molecule has 0 atom stereocenters. The van der Waals surface area contributed by atoms with Crippen LogP contribution < -0.4 is 14.8 Å². The predicted molar refractivity (Wildman–Crippen MR) is 115 cm³/mol. The molecular weight excluding hydrogens is 366 g/mol. The summed E-state index contributed by atoms with van der Waals surface area (Å²) in [5.74, 6) is 1.67. The van der Waals surface area contributed by atoms with E-state index in [4.69, 9.17) is 14.2 Å². The van der Waals surface area contributed by atoms with Crippen LogP contribution in [-0.2, 0) is 14.9 Å². The molecule has 1 aliphatic heterocycles. The van der Waals surface area contributed by atoms with Crippen LogP contribution in [0.4, 0.5) is 5.69 Å². The van der Waals surface area contributed by atoms with Crippen LogP contribution in [0, 0.1) is 13.8 Å². The van der Waals surface area contributed by atoms with Crippen LogP contribution in [0.3, 0.4) is 0 Å². The third-order valence-electron chi connectivity index (χ3n) is 5.50. The van der Waals surface area contributed by atoms with E-state index in [1.165, 1.54) is 0 Å². The van der Waals surface area contributed by atoms with Gasteiger partial charge in [-0.05, 0) is 81.5 Å². The molecule has 2 aromatic rings. The molecule has 0 saturated carbocycles. The Labute approximate surface area is 173 Å². The fourth-order valence-electron chi connectivity index (χ4n) is 3.97. The average Bonchev–Trinajstić information content (AvgIpc) is 2.71. The molecule has 5 heteroatoms. The minimum Gasteiger partial charge on any atom is -0.497 e. The lowest BCUT2D eigenvalue weighted by Crippen LogP contribution is -2.44. The molecule has 1 aliphatic rings. The molecule has 156 valence electrons. The van der Waals surface area contributed by atoms with E-state index < -0.39 is 5.41 Å². The lowest BCUT2D eigenvalue weighted by molar-refractivity contribution is -0.125. The molecule has 0 aromatic heterocycles. The summed E-state index contributed by atoms with van der Waals surface area (Å²) in [6.07, 6.45) is 1.41. The third kappa shape index (κ3) is 4.56. The first-order valence-corrected chi connectivity index (χ1v) is 10.2. The number of benzene rings is 2. The van der Waals surface area contributed by atoms with Crippen molar-refractivity contribution in [2.24, 2.45) is 0 Å². The number of nitrogens with one attached hydrogen (secondary N) is 1. The van der Waals surface area contributed by atoms with E-state index in [1.807, 2.05) is 64.1 Å². The number of anilines is 1. The van der Waals surface area contributed by atoms with Gasteiger partial charge in [0, 0.05) is 18.9 Å². The summed E-state index contributed by atoms with van der Waals surface area (Å²) in [6, 6.07) is 11.7. The zero-order valence-corrected chi connectivity index (χ0v) is 18.0. The Morgan fingerprint density at radius 3 is 2.17 bits per heavy atom. The zero-order valence-electron chi connectivity index (χ0n) is 18.0. The summed E-state index contributed by atoms with van der Waals surface area (Å²) in [5, 5.41) is 3.16. The van der Waals surface area contributed by atoms with Crippen molar-refractivity contribution in [3.05, 3.63) is 53.1 Å². The van der Waals surface area contributed by atoms with Crippen molar-refractivity contribution < 1.29 is 19.0 Å². The SMILES string of the molecule is COc1ccc(C2(C(=O)Nc3cc(C)c(OC(C)C)c(C)c3)CCOCC2)cc1. The summed E-state index contributed by atoms with van der Waals surface area (Å²) in [6.45, 7) is 9.18. The van der Waals surface area contributed by atoms with Crippen LogP contribution in [0.15, 0.2) is 36.4 Å². The highest BCUT2D eigenvalue weighted by Crippen LogP contribution is 2.37. The Bertz CT molecular complexity index is 829. The van der Waals surface area contributed by atoms with Crippen molar-refractivity contribution in [3.63, 3.8) is 0 Å². The fraction of sp³-hybridized carbons (Fsp3) is 0.458. The van der Waals surface area contributed by atoms with Crippen LogP contribution in [0.1, 0.15) is 43.4 Å². The van der Waals surface area contributed by atoms with Gasteiger partial charge in [-0.1, -0.05) is 12.1 Å². The average molecular weight is 398 g/mol. The molecule has 1 N–H and O–H groups in total. The van der Waals surface area contributed by atoms with Crippen molar-refractivity contribution in [1.82, 2.24) is 0 Å². The Morgan fingerprint density at radius 1 is 1.07 bits per heavy atom. The van der Waals surface area contributed by atoms with Gasteiger partial charge in [0.1, 0.15) is 11.5 Å². The van der Waals surface area contributed by atoms with E-state index in [0.717, 1.165) is 33.9 Å². The number of methoxy groups -OCH3 is 1. The van der Waals surface area contributed by atoms with Crippen LogP contribution in [-0.4, -0.2) is 32.3 Å². The van der Waals surface area contributed by atoms with Gasteiger partial charge in [-0.3, -0.25) is 4.79 Å². The van der Waals surface area contributed by atoms with Crippen molar-refractivity contribution in [3.8, 4) is 11.5 Å². The minimum absolute atomic E-state index is 0.00212. The largest absolute Gasteiger partial charge is 0.497 e. The quantitative estimate of drug-likeness (QED) is 0.762. The molecule has 0 unspecified atom stereocenters. The van der Waals surface area contributed by atoms with Gasteiger partial charge in [-0.25, -0.2) is 0 Å². The van der Waals surface area contributed by atoms with Crippen molar-refractivity contribution in [2.75, 3.05) is 25.6 Å². The van der Waals surface area contributed by atoms with Gasteiger partial charge in [0.05, 0.1) is 18.6 Å². The number of ether oxygens (including phenoxy) is 3. The maximum absolute atomic E-state index is 13.5. The normalized spacial score (nSPS) is 15.8. The number of hydrogen-bond acceptors (Lipinski definition) is 4. The molecule has 1 heterocycles. The minimum atomic E-state index is -0.612. The third-order valence-corrected chi connectivity index (χ3v) is 5.50. The lowest BCUT2D eigenvalue weighted by atomic mass is 9.73. The zero-order chi connectivity index (χ0) is 21.0. The maximum Gasteiger partial charge on any atom is 0.235 e. The van der Waals surface area contributed by atoms with Crippen LogP contribution in [0.25, 0.3) is 0 Å². The van der Waals surface area contributed by atoms with E-state index in [0.29, 0.717) is 26.1 Å². The highest BCUT2D eigenvalue weighted by molar-refractivity contribution is 5.99. The molecule has 0 aliphatic carbocycles. The monoisotopic (exact) mass is 397 g/mol. The maximum atomic E-state index is 13.5. The Balaban J connectivity index is 1.89. The number of carbonyl (C=O) groups is 1. The van der Waals surface area contributed by atoms with Gasteiger partial charge in [-0.2, -0.15) is 0 Å². The first-order valence-electron chi connectivity index (χ1n) is 10.2. The molecule has 0 bridgehead atoms. The Hall–Kier alpha value is -2.53. The fourth-order valence-corrected chi connectivity index (χ4v) is 3.97. The Morgan fingerprint density at radius 2 is 1.66 bits per heavy atom. The number of amides is 1. The van der Waals surface area contributed by atoms with Gasteiger partial charge in [0.25, 0.3) is 0 Å². The molecule has 2 aromatic carbocycles. The topological polar surface area (TPSA) is 56.8 Å². The van der Waals surface area contributed by atoms with Crippen LogP contribution in [0.2, 0.25) is 0 Å². The second kappa shape index (κ2) is 8.87. The molecule has 0 radical (unpaired) electrons. The molecule has 0 spiro atoms. The summed E-state index contributed by atoms with van der Waals surface area (Å²) in [4.78, 5) is 13.5. The van der Waals surface area contributed by atoms with E-state index in [-0.39, 0.29) is 12.0 Å². The molecule has 1 saturated heterocycles. The first kappa shape index (κ1) is 21.2. The van der Waals surface area contributed by atoms with E-state index >= 15 is 0 Å². The number of rotatable bonds is 6. The molecule has 29 heavy (non-hydrogen) atoms. The summed E-state index contributed by atoms with van der Waals surface area (Å²) >= 11 is 0. The van der Waals surface area contributed by atoms with Gasteiger partial charge >= 0.3 is 0 Å². The van der Waals surface area contributed by atoms with E-state index in [2.05, 4.69) is 5.32 Å². The number of hydrogen-bond donors (Lipinski definition) is 1. The van der Waals surface area contributed by atoms with Gasteiger partial charge < -0.3 is 19.5 Å². The van der Waals surface area contributed by atoms with Crippen molar-refractivity contribution in [1.29, 1.82) is 0 Å². The summed E-state index contributed by atoms with van der Waals surface area (Å²) in [5.41, 5.74) is 3.20. The Kier molecular flexibility index (Phi) is 6.48. The second-order valence-corrected chi connectivity index (χ2v) is 7.98. The molecule has 3 rings (SSSR count). The molecule has 1 amide bonds. The summed E-state index contributed by atoms with van der Waals surface area (Å²) < 4.78 is 16.8. The molecular formula is C24H31NO4. The van der Waals surface area contributed by atoms with Crippen molar-refractivity contribution in [2.45, 2.75) is 52.1 Å². The molecule has 1 fully saturated rings. The summed E-state index contributed by atoms with van der Waals surface area (Å²) in [7, 11) is 1.64. The number of aryl methyl sites for hydroxylation is 2. The highest BCUT2D eigenvalue weighted by atomic mass is 16.5. The van der Waals surface area contributed by atoms with Gasteiger partial charge in [0.15, 0.2) is 0 Å². The standard InChI is InChI=1S/C24H31NO4/c1-16(2)29-22-17(3)14-20(15-18(22)4)25-23(26)24(10-12-28-13-11-24)19-6-8-21(27-5)9-7-19/h6-9,14-16H,10-13H2,1-5H3,(H,25,26). The smallest absolute Gasteiger partial charge is 0.235 e. The number of carbonyl (C=O) groups excluding carboxylic acids is 1.